The van der Waals surface area contributed by atoms with Gasteiger partial charge in [-0.15, -0.1) is 12.0 Å². The molecule has 0 aromatic carbocycles. The van der Waals surface area contributed by atoms with Gasteiger partial charge in [-0.05, 0) is 42.3 Å². The minimum Gasteiger partial charge on any atom is -0.125 e. The van der Waals surface area contributed by atoms with E-state index in [0.29, 0.717) is 16.6 Å². The van der Waals surface area contributed by atoms with Crippen LogP contribution in [0.3, 0.4) is 0 Å². The Kier molecular flexibility index (Phi) is 6.16. The van der Waals surface area contributed by atoms with Gasteiger partial charge in [0.25, 0.3) is 0 Å². The molecule has 0 radical (unpaired) electrons. The molecule has 0 bridgehead atoms. The standard InChI is InChI=1S/C19H30Si/c1-8-18-11-9-10-12-19(18)13-14-20(15(2)3,16(4)5)17(6)7/h1,15-17H,9-12H2,2-7H3. The Labute approximate surface area is 127 Å². The minimum atomic E-state index is -1.62. The molecule has 0 heterocycles. The molecule has 110 valence electrons. The highest BCUT2D eigenvalue weighted by Crippen LogP contribution is 2.41. The van der Waals surface area contributed by atoms with Crippen LogP contribution in [0.5, 0.6) is 0 Å². The molecule has 0 fully saturated rings. The maximum Gasteiger partial charge on any atom is 0.146 e. The van der Waals surface area contributed by atoms with Crippen molar-refractivity contribution < 1.29 is 0 Å². The van der Waals surface area contributed by atoms with Crippen molar-refractivity contribution >= 4 is 8.07 Å². The van der Waals surface area contributed by atoms with Gasteiger partial charge in [0.05, 0.1) is 0 Å². The topological polar surface area (TPSA) is 0 Å². The summed E-state index contributed by atoms with van der Waals surface area (Å²) in [4.78, 5) is 0. The van der Waals surface area contributed by atoms with E-state index in [0.717, 1.165) is 12.8 Å². The van der Waals surface area contributed by atoms with Gasteiger partial charge in [-0.2, -0.15) is 0 Å². The first-order valence-corrected chi connectivity index (χ1v) is 10.3. The molecular formula is C19H30Si. The van der Waals surface area contributed by atoms with E-state index in [4.69, 9.17) is 6.42 Å². The zero-order valence-corrected chi connectivity index (χ0v) is 15.1. The van der Waals surface area contributed by atoms with E-state index >= 15 is 0 Å². The number of hydrogen-bond donors (Lipinski definition) is 0. The van der Waals surface area contributed by atoms with Crippen LogP contribution in [0.2, 0.25) is 16.6 Å². The van der Waals surface area contributed by atoms with Gasteiger partial charge in [-0.3, -0.25) is 0 Å². The summed E-state index contributed by atoms with van der Waals surface area (Å²) in [6, 6.07) is 0. The quantitative estimate of drug-likeness (QED) is 0.460. The maximum absolute atomic E-state index is 5.65. The second-order valence-electron chi connectivity index (χ2n) is 6.96. The molecule has 0 amide bonds. The summed E-state index contributed by atoms with van der Waals surface area (Å²) in [6.07, 6.45) is 10.3. The average Bonchev–Trinajstić information content (AvgIpc) is 2.38. The molecule has 1 heteroatoms. The molecule has 0 saturated carbocycles. The van der Waals surface area contributed by atoms with Gasteiger partial charge < -0.3 is 0 Å². The van der Waals surface area contributed by atoms with Gasteiger partial charge >= 0.3 is 0 Å². The zero-order valence-electron chi connectivity index (χ0n) is 14.1. The molecule has 1 rings (SSSR count). The van der Waals surface area contributed by atoms with Gasteiger partial charge in [-0.25, -0.2) is 0 Å². The van der Waals surface area contributed by atoms with E-state index in [1.165, 1.54) is 24.0 Å². The molecule has 0 nitrogen and oxygen atoms in total. The lowest BCUT2D eigenvalue weighted by Crippen LogP contribution is -2.43. The Morgan fingerprint density at radius 2 is 1.30 bits per heavy atom. The van der Waals surface area contributed by atoms with E-state index in [9.17, 15) is 0 Å². The molecule has 1 aliphatic rings. The van der Waals surface area contributed by atoms with Gasteiger partial charge in [0.15, 0.2) is 0 Å². The van der Waals surface area contributed by atoms with Gasteiger partial charge in [-0.1, -0.05) is 53.4 Å². The fourth-order valence-electron chi connectivity index (χ4n) is 3.82. The first-order chi connectivity index (χ1) is 9.36. The highest BCUT2D eigenvalue weighted by atomic mass is 28.3. The van der Waals surface area contributed by atoms with Crippen molar-refractivity contribution in [3.8, 4) is 23.8 Å². The minimum absolute atomic E-state index is 0.688. The van der Waals surface area contributed by atoms with Gasteiger partial charge in [0.2, 0.25) is 0 Å². The average molecular weight is 287 g/mol. The van der Waals surface area contributed by atoms with Crippen molar-refractivity contribution in [3.63, 3.8) is 0 Å². The molecule has 0 aromatic rings. The summed E-state index contributed by atoms with van der Waals surface area (Å²) in [6.45, 7) is 14.2. The number of allylic oxidation sites excluding steroid dienone is 2. The number of rotatable bonds is 3. The monoisotopic (exact) mass is 286 g/mol. The van der Waals surface area contributed by atoms with Crippen LogP contribution in [0.25, 0.3) is 0 Å². The summed E-state index contributed by atoms with van der Waals surface area (Å²) in [5, 5.41) is 0. The largest absolute Gasteiger partial charge is 0.146 e. The fraction of sp³-hybridized carbons (Fsp3) is 0.684. The van der Waals surface area contributed by atoms with Crippen molar-refractivity contribution in [2.24, 2.45) is 0 Å². The highest BCUT2D eigenvalue weighted by molar-refractivity contribution is 6.90. The van der Waals surface area contributed by atoms with Crippen LogP contribution in [0.1, 0.15) is 67.2 Å². The normalized spacial score (nSPS) is 16.4. The Morgan fingerprint density at radius 1 is 0.850 bits per heavy atom. The van der Waals surface area contributed by atoms with Crippen LogP contribution < -0.4 is 0 Å². The lowest BCUT2D eigenvalue weighted by molar-refractivity contribution is 0.700. The first-order valence-electron chi connectivity index (χ1n) is 8.08. The summed E-state index contributed by atoms with van der Waals surface area (Å²) in [5.74, 6) is 6.43. The lowest BCUT2D eigenvalue weighted by Gasteiger charge is -2.38. The number of terminal acetylenes is 1. The molecule has 0 aliphatic heterocycles. The molecule has 0 saturated heterocycles. The zero-order chi connectivity index (χ0) is 15.3. The first kappa shape index (κ1) is 17.1. The second kappa shape index (κ2) is 7.19. The second-order valence-corrected chi connectivity index (χ2v) is 12.5. The van der Waals surface area contributed by atoms with Crippen LogP contribution in [0.15, 0.2) is 11.1 Å². The molecule has 0 unspecified atom stereocenters. The van der Waals surface area contributed by atoms with Crippen LogP contribution >= 0.6 is 0 Å². The van der Waals surface area contributed by atoms with Gasteiger partial charge in [0.1, 0.15) is 8.07 Å². The van der Waals surface area contributed by atoms with E-state index in [-0.39, 0.29) is 0 Å². The fourth-order valence-corrected chi connectivity index (χ4v) is 9.05. The third-order valence-corrected chi connectivity index (χ3v) is 11.2. The Balaban J connectivity index is 3.25. The van der Waals surface area contributed by atoms with Crippen molar-refractivity contribution in [2.75, 3.05) is 0 Å². The van der Waals surface area contributed by atoms with Crippen LogP contribution in [-0.2, 0) is 0 Å². The van der Waals surface area contributed by atoms with Crippen molar-refractivity contribution in [2.45, 2.75) is 83.8 Å². The molecule has 0 atom stereocenters. The van der Waals surface area contributed by atoms with E-state index in [2.05, 4.69) is 58.9 Å². The third kappa shape index (κ3) is 3.39. The Bertz CT molecular complexity index is 438. The predicted octanol–water partition coefficient (Wildman–Crippen LogP) is 5.71. The van der Waals surface area contributed by atoms with E-state index < -0.39 is 8.07 Å². The molecular weight excluding hydrogens is 256 g/mol. The van der Waals surface area contributed by atoms with Crippen LogP contribution in [0, 0.1) is 23.8 Å². The third-order valence-electron chi connectivity index (χ3n) is 4.94. The molecule has 1 aliphatic carbocycles. The van der Waals surface area contributed by atoms with E-state index in [1.54, 1.807) is 0 Å². The van der Waals surface area contributed by atoms with E-state index in [1.807, 2.05) is 0 Å². The number of hydrogen-bond acceptors (Lipinski definition) is 0. The van der Waals surface area contributed by atoms with Crippen LogP contribution in [0.4, 0.5) is 0 Å². The molecule has 0 aromatic heterocycles. The highest BCUT2D eigenvalue weighted by Gasteiger charge is 2.41. The summed E-state index contributed by atoms with van der Waals surface area (Å²) in [7, 11) is -1.62. The van der Waals surface area contributed by atoms with Crippen molar-refractivity contribution in [3.05, 3.63) is 11.1 Å². The summed E-state index contributed by atoms with van der Waals surface area (Å²) in [5.41, 5.74) is 8.30. The van der Waals surface area contributed by atoms with Crippen molar-refractivity contribution in [1.82, 2.24) is 0 Å². The van der Waals surface area contributed by atoms with Crippen LogP contribution in [-0.4, -0.2) is 8.07 Å². The predicted molar refractivity (Wildman–Crippen MR) is 93.2 cm³/mol. The van der Waals surface area contributed by atoms with Crippen molar-refractivity contribution in [1.29, 1.82) is 0 Å². The molecule has 0 N–H and O–H groups in total. The summed E-state index contributed by atoms with van der Waals surface area (Å²) >= 11 is 0. The van der Waals surface area contributed by atoms with Gasteiger partial charge in [0, 0.05) is 11.1 Å². The smallest absolute Gasteiger partial charge is 0.125 e. The SMILES string of the molecule is C#CC1=C(C#C[Si](C(C)C)(C(C)C)C(C)C)CCCC1. The summed E-state index contributed by atoms with van der Waals surface area (Å²) < 4.78 is 0. The maximum atomic E-state index is 5.65. The lowest BCUT2D eigenvalue weighted by atomic mass is 9.93. The Morgan fingerprint density at radius 3 is 1.70 bits per heavy atom. The Hall–Kier alpha value is -0.923. The molecule has 0 spiro atoms. The molecule has 20 heavy (non-hydrogen) atoms.